The number of carbonyl (C=O) groups excluding carboxylic acids is 1. The molecule has 26 heavy (non-hydrogen) atoms. The summed E-state index contributed by atoms with van der Waals surface area (Å²) in [6.07, 6.45) is 3.88. The molecule has 1 aromatic carbocycles. The Hall–Kier alpha value is -2.67. The number of imidazole rings is 1. The maximum atomic E-state index is 13.0. The van der Waals surface area contributed by atoms with Crippen molar-refractivity contribution < 1.29 is 9.90 Å². The fourth-order valence-electron chi connectivity index (χ4n) is 3.68. The van der Waals surface area contributed by atoms with Crippen LogP contribution in [0.3, 0.4) is 0 Å². The van der Waals surface area contributed by atoms with Crippen LogP contribution in [0.5, 0.6) is 0 Å². The van der Waals surface area contributed by atoms with Crippen LogP contribution in [0.4, 0.5) is 0 Å². The van der Waals surface area contributed by atoms with Gasteiger partial charge in [0.15, 0.2) is 0 Å². The number of aliphatic hydroxyl groups excluding tert-OH is 1. The molecule has 136 valence electrons. The van der Waals surface area contributed by atoms with Crippen molar-refractivity contribution >= 4 is 16.9 Å². The van der Waals surface area contributed by atoms with E-state index >= 15 is 0 Å². The lowest BCUT2D eigenvalue weighted by atomic mass is 9.94. The zero-order valence-electron chi connectivity index (χ0n) is 14.9. The lowest BCUT2D eigenvalue weighted by molar-refractivity contribution is 0.0706. The summed E-state index contributed by atoms with van der Waals surface area (Å²) in [5.74, 6) is 1.14. The smallest absolute Gasteiger partial charge is 0.253 e. The number of aryl methyl sites for hydroxylation is 1. The predicted molar refractivity (Wildman–Crippen MR) is 98.0 cm³/mol. The number of nitrogens with zero attached hydrogens (tertiary/aromatic N) is 4. The van der Waals surface area contributed by atoms with Crippen LogP contribution in [0.1, 0.15) is 40.6 Å². The summed E-state index contributed by atoms with van der Waals surface area (Å²) < 4.78 is 1.75. The van der Waals surface area contributed by atoms with E-state index < -0.39 is 0 Å². The third kappa shape index (κ3) is 3.22. The average molecular weight is 353 g/mol. The van der Waals surface area contributed by atoms with Crippen LogP contribution in [0.15, 0.2) is 30.5 Å². The quantitative estimate of drug-likeness (QED) is 0.752. The van der Waals surface area contributed by atoms with Gasteiger partial charge in [-0.3, -0.25) is 9.48 Å². The molecule has 1 amide bonds. The number of aromatic amines is 1. The molecule has 0 radical (unpaired) electrons. The zero-order chi connectivity index (χ0) is 18.1. The molecule has 0 aliphatic carbocycles. The van der Waals surface area contributed by atoms with E-state index in [1.807, 2.05) is 42.3 Å². The van der Waals surface area contributed by atoms with Crippen LogP contribution in [0.2, 0.25) is 0 Å². The first-order valence-electron chi connectivity index (χ1n) is 9.04. The third-order valence-corrected chi connectivity index (χ3v) is 4.96. The SMILES string of the molecule is Cc1nc2ccc(C(=O)N3CCC[C@@H](c4ccn(CCO)n4)C3)cc2[nH]1. The van der Waals surface area contributed by atoms with Crippen molar-refractivity contribution in [3.8, 4) is 0 Å². The minimum absolute atomic E-state index is 0.0543. The molecular weight excluding hydrogens is 330 g/mol. The molecule has 1 atom stereocenters. The minimum atomic E-state index is 0.0543. The van der Waals surface area contributed by atoms with Gasteiger partial charge < -0.3 is 15.0 Å². The topological polar surface area (TPSA) is 87.0 Å². The predicted octanol–water partition coefficient (Wildman–Crippen LogP) is 2.08. The number of hydrogen-bond donors (Lipinski definition) is 2. The van der Waals surface area contributed by atoms with E-state index in [9.17, 15) is 4.79 Å². The Kier molecular flexibility index (Phi) is 4.46. The summed E-state index contributed by atoms with van der Waals surface area (Å²) in [5.41, 5.74) is 3.46. The molecule has 2 N–H and O–H groups in total. The number of aliphatic hydroxyl groups is 1. The standard InChI is InChI=1S/C19H23N5O2/c1-13-20-17-5-4-14(11-18(17)21-13)19(26)23-7-2-3-15(12-23)16-6-8-24(22-16)9-10-25/h4-6,8,11,15,25H,2-3,7,9-10,12H2,1H3,(H,20,21)/t15-/m1/s1. The summed E-state index contributed by atoms with van der Waals surface area (Å²) in [7, 11) is 0. The number of likely N-dealkylation sites (tertiary alicyclic amines) is 1. The summed E-state index contributed by atoms with van der Waals surface area (Å²) >= 11 is 0. The lowest BCUT2D eigenvalue weighted by Gasteiger charge is -2.32. The van der Waals surface area contributed by atoms with Crippen molar-refractivity contribution in [3.05, 3.63) is 47.5 Å². The first-order chi connectivity index (χ1) is 12.6. The second kappa shape index (κ2) is 6.92. The van der Waals surface area contributed by atoms with Gasteiger partial charge in [-0.2, -0.15) is 5.10 Å². The molecule has 0 unspecified atom stereocenters. The van der Waals surface area contributed by atoms with Gasteiger partial charge in [0.05, 0.1) is 29.9 Å². The molecule has 4 rings (SSSR count). The number of nitrogens with one attached hydrogen (secondary N) is 1. The number of hydrogen-bond acceptors (Lipinski definition) is 4. The number of rotatable bonds is 4. The van der Waals surface area contributed by atoms with Gasteiger partial charge in [0.1, 0.15) is 5.82 Å². The number of aromatic nitrogens is 4. The highest BCUT2D eigenvalue weighted by Crippen LogP contribution is 2.27. The van der Waals surface area contributed by atoms with Crippen LogP contribution >= 0.6 is 0 Å². The monoisotopic (exact) mass is 353 g/mol. The van der Waals surface area contributed by atoms with E-state index in [1.165, 1.54) is 0 Å². The maximum Gasteiger partial charge on any atom is 0.253 e. The van der Waals surface area contributed by atoms with Gasteiger partial charge in [-0.25, -0.2) is 4.98 Å². The number of benzene rings is 1. The van der Waals surface area contributed by atoms with Crippen LogP contribution in [-0.2, 0) is 6.54 Å². The molecule has 1 saturated heterocycles. The highest BCUT2D eigenvalue weighted by Gasteiger charge is 2.27. The van der Waals surface area contributed by atoms with Crippen molar-refractivity contribution in [1.29, 1.82) is 0 Å². The van der Waals surface area contributed by atoms with Crippen molar-refractivity contribution in [2.45, 2.75) is 32.2 Å². The van der Waals surface area contributed by atoms with Gasteiger partial charge in [-0.1, -0.05) is 0 Å². The molecule has 1 aliphatic rings. The van der Waals surface area contributed by atoms with Gasteiger partial charge in [-0.15, -0.1) is 0 Å². The zero-order valence-corrected chi connectivity index (χ0v) is 14.9. The van der Waals surface area contributed by atoms with E-state index in [4.69, 9.17) is 5.11 Å². The Morgan fingerprint density at radius 3 is 3.12 bits per heavy atom. The second-order valence-corrected chi connectivity index (χ2v) is 6.87. The maximum absolute atomic E-state index is 13.0. The molecule has 3 heterocycles. The number of carbonyl (C=O) groups is 1. The summed E-state index contributed by atoms with van der Waals surface area (Å²) in [6, 6.07) is 7.62. The molecule has 7 heteroatoms. The molecule has 7 nitrogen and oxygen atoms in total. The summed E-state index contributed by atoms with van der Waals surface area (Å²) in [6.45, 7) is 3.93. The van der Waals surface area contributed by atoms with E-state index in [0.29, 0.717) is 18.7 Å². The molecule has 1 aliphatic heterocycles. The molecular formula is C19H23N5O2. The number of amides is 1. The fourth-order valence-corrected chi connectivity index (χ4v) is 3.68. The summed E-state index contributed by atoms with van der Waals surface area (Å²) in [5, 5.41) is 13.6. The Bertz CT molecular complexity index is 929. The van der Waals surface area contributed by atoms with Gasteiger partial charge in [0.25, 0.3) is 5.91 Å². The van der Waals surface area contributed by atoms with Crippen LogP contribution in [-0.4, -0.2) is 55.4 Å². The largest absolute Gasteiger partial charge is 0.394 e. The van der Waals surface area contributed by atoms with Crippen LogP contribution in [0, 0.1) is 6.92 Å². The normalized spacial score (nSPS) is 17.8. The highest BCUT2D eigenvalue weighted by atomic mass is 16.3. The van der Waals surface area contributed by atoms with E-state index in [2.05, 4.69) is 15.1 Å². The van der Waals surface area contributed by atoms with Gasteiger partial charge >= 0.3 is 0 Å². The first-order valence-corrected chi connectivity index (χ1v) is 9.04. The van der Waals surface area contributed by atoms with Crippen LogP contribution in [0.25, 0.3) is 11.0 Å². The van der Waals surface area contributed by atoms with Crippen molar-refractivity contribution in [3.63, 3.8) is 0 Å². The molecule has 0 bridgehead atoms. The van der Waals surface area contributed by atoms with Gasteiger partial charge in [-0.05, 0) is 44.0 Å². The third-order valence-electron chi connectivity index (χ3n) is 4.96. The number of fused-ring (bicyclic) bond motifs is 1. The lowest BCUT2D eigenvalue weighted by Crippen LogP contribution is -2.39. The number of H-pyrrole nitrogens is 1. The minimum Gasteiger partial charge on any atom is -0.394 e. The average Bonchev–Trinajstić information content (AvgIpc) is 3.26. The van der Waals surface area contributed by atoms with Crippen LogP contribution < -0.4 is 0 Å². The molecule has 3 aromatic rings. The Morgan fingerprint density at radius 2 is 2.27 bits per heavy atom. The molecule has 2 aromatic heterocycles. The second-order valence-electron chi connectivity index (χ2n) is 6.87. The molecule has 0 saturated carbocycles. The van der Waals surface area contributed by atoms with Crippen molar-refractivity contribution in [2.24, 2.45) is 0 Å². The Labute approximate surface area is 151 Å². The molecule has 1 fully saturated rings. The van der Waals surface area contributed by atoms with Crippen molar-refractivity contribution in [1.82, 2.24) is 24.6 Å². The highest BCUT2D eigenvalue weighted by molar-refractivity contribution is 5.97. The molecule has 0 spiro atoms. The van der Waals surface area contributed by atoms with Gasteiger partial charge in [0.2, 0.25) is 0 Å². The van der Waals surface area contributed by atoms with Gasteiger partial charge in [0, 0.05) is 30.8 Å². The fraction of sp³-hybridized carbons (Fsp3) is 0.421. The van der Waals surface area contributed by atoms with E-state index in [0.717, 1.165) is 41.9 Å². The van der Waals surface area contributed by atoms with E-state index in [-0.39, 0.29) is 18.4 Å². The van der Waals surface area contributed by atoms with E-state index in [1.54, 1.807) is 4.68 Å². The Balaban J connectivity index is 1.51. The number of piperidine rings is 1. The van der Waals surface area contributed by atoms with Crippen molar-refractivity contribution in [2.75, 3.05) is 19.7 Å². The summed E-state index contributed by atoms with van der Waals surface area (Å²) in [4.78, 5) is 22.5. The Morgan fingerprint density at radius 1 is 1.38 bits per heavy atom. The first kappa shape index (κ1) is 16.8.